The summed E-state index contributed by atoms with van der Waals surface area (Å²) in [4.78, 5) is 17.0. The zero-order chi connectivity index (χ0) is 20.6. The van der Waals surface area contributed by atoms with Crippen molar-refractivity contribution in [3.05, 3.63) is 48.8 Å². The first kappa shape index (κ1) is 19.6. The van der Waals surface area contributed by atoms with Crippen molar-refractivity contribution in [1.82, 2.24) is 13.9 Å². The first-order valence-corrected chi connectivity index (χ1v) is 11.4. The highest BCUT2D eigenvalue weighted by Crippen LogP contribution is 2.26. The molecule has 1 amide bonds. The molecule has 3 aromatic rings. The minimum Gasteiger partial charge on any atom is -0.351 e. The van der Waals surface area contributed by atoms with Gasteiger partial charge in [0.25, 0.3) is 0 Å². The van der Waals surface area contributed by atoms with E-state index in [2.05, 4.69) is 33.1 Å². The van der Waals surface area contributed by atoms with E-state index in [-0.39, 0.29) is 11.8 Å². The van der Waals surface area contributed by atoms with Crippen molar-refractivity contribution in [2.24, 2.45) is 13.0 Å². The van der Waals surface area contributed by atoms with Crippen molar-refractivity contribution in [3.63, 3.8) is 0 Å². The Morgan fingerprint density at radius 1 is 1.14 bits per heavy atom. The normalized spacial score (nSPS) is 16.2. The van der Waals surface area contributed by atoms with Gasteiger partial charge in [-0.3, -0.25) is 4.79 Å². The molecular formula is C21H24N4O3S. The zero-order valence-corrected chi connectivity index (χ0v) is 17.3. The lowest BCUT2D eigenvalue weighted by Gasteiger charge is -2.29. The van der Waals surface area contributed by atoms with E-state index in [1.165, 1.54) is 10.6 Å². The molecule has 1 fully saturated rings. The lowest BCUT2D eigenvalue weighted by Crippen LogP contribution is -2.40. The number of piperidine rings is 1. The Morgan fingerprint density at radius 3 is 2.55 bits per heavy atom. The molecule has 4 rings (SSSR count). The molecule has 29 heavy (non-hydrogen) atoms. The van der Waals surface area contributed by atoms with Crippen LogP contribution in [0.2, 0.25) is 0 Å². The number of sulfonamides is 1. The summed E-state index contributed by atoms with van der Waals surface area (Å²) in [7, 11) is -1.19. The summed E-state index contributed by atoms with van der Waals surface area (Å²) in [5.74, 6) is 0.195. The number of pyridine rings is 1. The number of rotatable bonds is 4. The van der Waals surface area contributed by atoms with E-state index < -0.39 is 10.0 Å². The molecule has 1 aliphatic heterocycles. The van der Waals surface area contributed by atoms with Crippen LogP contribution in [-0.4, -0.2) is 47.5 Å². The maximum Gasteiger partial charge on any atom is 0.228 e. The second kappa shape index (κ2) is 7.61. The molecule has 0 saturated carbocycles. The van der Waals surface area contributed by atoms with Crippen molar-refractivity contribution >= 4 is 32.5 Å². The van der Waals surface area contributed by atoms with Crippen LogP contribution in [0.5, 0.6) is 0 Å². The molecule has 1 saturated heterocycles. The lowest BCUT2D eigenvalue weighted by molar-refractivity contribution is -0.120. The topological polar surface area (TPSA) is 84.3 Å². The van der Waals surface area contributed by atoms with Gasteiger partial charge in [-0.15, -0.1) is 0 Å². The van der Waals surface area contributed by atoms with E-state index in [4.69, 9.17) is 0 Å². The van der Waals surface area contributed by atoms with Gasteiger partial charge in [0.2, 0.25) is 15.9 Å². The van der Waals surface area contributed by atoms with E-state index in [0.29, 0.717) is 31.7 Å². The molecule has 0 unspecified atom stereocenters. The third-order valence-electron chi connectivity index (χ3n) is 5.51. The van der Waals surface area contributed by atoms with Crippen LogP contribution in [0, 0.1) is 5.92 Å². The smallest absolute Gasteiger partial charge is 0.228 e. The summed E-state index contributed by atoms with van der Waals surface area (Å²) in [5, 5.41) is 4.90. The number of carbonyl (C=O) groups is 1. The van der Waals surface area contributed by atoms with Crippen LogP contribution in [-0.2, 0) is 21.9 Å². The number of fused-ring (bicyclic) bond motifs is 1. The molecular weight excluding hydrogens is 388 g/mol. The summed E-state index contributed by atoms with van der Waals surface area (Å²) >= 11 is 0. The maximum atomic E-state index is 12.6. The van der Waals surface area contributed by atoms with E-state index in [1.807, 2.05) is 31.4 Å². The number of hydrogen-bond donors (Lipinski definition) is 1. The molecule has 1 aliphatic rings. The van der Waals surface area contributed by atoms with Crippen molar-refractivity contribution < 1.29 is 13.2 Å². The third-order valence-corrected chi connectivity index (χ3v) is 6.81. The van der Waals surface area contributed by atoms with Crippen LogP contribution in [0.3, 0.4) is 0 Å². The van der Waals surface area contributed by atoms with Gasteiger partial charge in [-0.25, -0.2) is 17.7 Å². The molecule has 1 N–H and O–H groups in total. The Bertz CT molecular complexity index is 1160. The van der Waals surface area contributed by atoms with E-state index in [9.17, 15) is 13.2 Å². The second-order valence-electron chi connectivity index (χ2n) is 7.56. The Kier molecular flexibility index (Phi) is 5.14. The number of carbonyl (C=O) groups excluding carboxylic acids is 1. The maximum absolute atomic E-state index is 12.6. The Morgan fingerprint density at radius 2 is 1.90 bits per heavy atom. The second-order valence-corrected chi connectivity index (χ2v) is 9.54. The van der Waals surface area contributed by atoms with E-state index in [1.54, 1.807) is 6.20 Å². The molecule has 3 heterocycles. The van der Waals surface area contributed by atoms with Crippen molar-refractivity contribution in [2.45, 2.75) is 12.8 Å². The van der Waals surface area contributed by atoms with Gasteiger partial charge in [0.1, 0.15) is 5.82 Å². The fourth-order valence-electron chi connectivity index (χ4n) is 3.81. The predicted octanol–water partition coefficient (Wildman–Crippen LogP) is 2.85. The third kappa shape index (κ3) is 4.18. The standard InChI is InChI=1S/C21H24N4O3S/c1-24-9-3-4-19(24)16-5-6-17-14-22-20(13-18(17)12-16)23-21(26)15-7-10-25(11-8-15)29(2,27)28/h3-6,9,12-15H,7-8,10-11H2,1-2H3,(H,22,23,26). The predicted molar refractivity (Wildman–Crippen MR) is 114 cm³/mol. The number of hydrogen-bond acceptors (Lipinski definition) is 4. The van der Waals surface area contributed by atoms with Gasteiger partial charge >= 0.3 is 0 Å². The number of nitrogens with one attached hydrogen (secondary N) is 1. The van der Waals surface area contributed by atoms with Crippen LogP contribution in [0.25, 0.3) is 22.0 Å². The monoisotopic (exact) mass is 412 g/mol. The Labute approximate surface area is 170 Å². The zero-order valence-electron chi connectivity index (χ0n) is 16.5. The van der Waals surface area contributed by atoms with Crippen molar-refractivity contribution in [3.8, 4) is 11.3 Å². The summed E-state index contributed by atoms with van der Waals surface area (Å²) in [6, 6.07) is 12.1. The fourth-order valence-corrected chi connectivity index (χ4v) is 4.68. The van der Waals surface area contributed by atoms with Crippen LogP contribution in [0.15, 0.2) is 48.8 Å². The van der Waals surface area contributed by atoms with Crippen LogP contribution >= 0.6 is 0 Å². The lowest BCUT2D eigenvalue weighted by atomic mass is 9.97. The average molecular weight is 413 g/mol. The Hall–Kier alpha value is -2.71. The number of nitrogens with zero attached hydrogens (tertiary/aromatic N) is 3. The van der Waals surface area contributed by atoms with E-state index >= 15 is 0 Å². The number of anilines is 1. The number of aryl methyl sites for hydroxylation is 1. The average Bonchev–Trinajstić information content (AvgIpc) is 3.13. The molecule has 1 aromatic carbocycles. The van der Waals surface area contributed by atoms with Gasteiger partial charge < -0.3 is 9.88 Å². The highest BCUT2D eigenvalue weighted by Gasteiger charge is 2.29. The molecule has 0 bridgehead atoms. The first-order chi connectivity index (χ1) is 13.8. The molecule has 0 atom stereocenters. The quantitative estimate of drug-likeness (QED) is 0.714. The molecule has 2 aromatic heterocycles. The van der Waals surface area contributed by atoms with Gasteiger partial charge in [0, 0.05) is 49.5 Å². The minimum absolute atomic E-state index is 0.108. The van der Waals surface area contributed by atoms with Gasteiger partial charge in [-0.05, 0) is 48.1 Å². The molecule has 0 spiro atoms. The Balaban J connectivity index is 1.49. The summed E-state index contributed by atoms with van der Waals surface area (Å²) in [5.41, 5.74) is 2.22. The molecule has 8 heteroatoms. The molecule has 0 aliphatic carbocycles. The summed E-state index contributed by atoms with van der Waals surface area (Å²) in [6.07, 6.45) is 6.00. The highest BCUT2D eigenvalue weighted by atomic mass is 32.2. The SMILES string of the molecule is Cn1cccc1-c1ccc2cnc(NC(=O)C3CCN(S(C)(=O)=O)CC3)cc2c1. The van der Waals surface area contributed by atoms with Crippen LogP contribution in [0.4, 0.5) is 5.82 Å². The number of amides is 1. The van der Waals surface area contributed by atoms with Crippen molar-refractivity contribution in [2.75, 3.05) is 24.7 Å². The summed E-state index contributed by atoms with van der Waals surface area (Å²) < 4.78 is 26.7. The fraction of sp³-hybridized carbons (Fsp3) is 0.333. The molecule has 0 radical (unpaired) electrons. The molecule has 7 nitrogen and oxygen atoms in total. The van der Waals surface area contributed by atoms with Crippen LogP contribution < -0.4 is 5.32 Å². The minimum atomic E-state index is -3.20. The van der Waals surface area contributed by atoms with Crippen molar-refractivity contribution in [1.29, 1.82) is 0 Å². The highest BCUT2D eigenvalue weighted by molar-refractivity contribution is 7.88. The largest absolute Gasteiger partial charge is 0.351 e. The van der Waals surface area contributed by atoms with Gasteiger partial charge in [0.15, 0.2) is 0 Å². The van der Waals surface area contributed by atoms with Gasteiger partial charge in [-0.2, -0.15) is 0 Å². The number of benzene rings is 1. The first-order valence-electron chi connectivity index (χ1n) is 9.59. The van der Waals surface area contributed by atoms with Gasteiger partial charge in [0.05, 0.1) is 6.26 Å². The molecule has 152 valence electrons. The number of aromatic nitrogens is 2. The van der Waals surface area contributed by atoms with Gasteiger partial charge in [-0.1, -0.05) is 12.1 Å². The summed E-state index contributed by atoms with van der Waals surface area (Å²) in [6.45, 7) is 0.754. The van der Waals surface area contributed by atoms with E-state index in [0.717, 1.165) is 22.0 Å². The van der Waals surface area contributed by atoms with Crippen LogP contribution in [0.1, 0.15) is 12.8 Å².